The maximum Gasteiger partial charge on any atom is 0.138 e. The Bertz CT molecular complexity index is 825. The molecule has 130 valence electrons. The number of hydrogen-bond acceptors (Lipinski definition) is 4. The van der Waals surface area contributed by atoms with Gasteiger partial charge >= 0.3 is 0 Å². The molecule has 0 aliphatic heterocycles. The lowest BCUT2D eigenvalue weighted by atomic mass is 10.0. The van der Waals surface area contributed by atoms with Gasteiger partial charge in [0.1, 0.15) is 17.9 Å². The average molecular weight is 336 g/mol. The number of nitrogens with one attached hydrogen (secondary N) is 1. The largest absolute Gasteiger partial charge is 0.496 e. The van der Waals surface area contributed by atoms with E-state index in [1.54, 1.807) is 13.4 Å². The van der Waals surface area contributed by atoms with Crippen LogP contribution in [0.1, 0.15) is 37.1 Å². The van der Waals surface area contributed by atoms with Gasteiger partial charge in [-0.2, -0.15) is 5.10 Å². The zero-order chi connectivity index (χ0) is 17.1. The second-order valence-corrected chi connectivity index (χ2v) is 6.74. The molecule has 4 rings (SSSR count). The molecular formula is C20H24N4O. The Morgan fingerprint density at radius 2 is 1.96 bits per heavy atom. The molecule has 1 saturated carbocycles. The third-order valence-corrected chi connectivity index (χ3v) is 5.24. The Morgan fingerprint density at radius 1 is 1.12 bits per heavy atom. The van der Waals surface area contributed by atoms with Crippen molar-refractivity contribution in [3.05, 3.63) is 54.1 Å². The molecule has 5 nitrogen and oxygen atoms in total. The van der Waals surface area contributed by atoms with Crippen LogP contribution in [0.15, 0.2) is 42.7 Å². The molecule has 0 unspecified atom stereocenters. The lowest BCUT2D eigenvalue weighted by Crippen LogP contribution is -2.33. The van der Waals surface area contributed by atoms with Crippen molar-refractivity contribution in [2.75, 3.05) is 7.11 Å². The molecule has 1 fully saturated rings. The molecule has 0 bridgehead atoms. The SMILES string of the molecule is COc1ccc2ccccc2c1CN(Cc1ncn[nH]1)C1CCCC1. The van der Waals surface area contributed by atoms with E-state index in [4.69, 9.17) is 4.74 Å². The molecule has 0 saturated heterocycles. The van der Waals surface area contributed by atoms with Crippen molar-refractivity contribution in [2.45, 2.75) is 44.8 Å². The van der Waals surface area contributed by atoms with E-state index < -0.39 is 0 Å². The van der Waals surface area contributed by atoms with Gasteiger partial charge in [-0.1, -0.05) is 43.2 Å². The number of H-pyrrole nitrogens is 1. The number of aromatic amines is 1. The van der Waals surface area contributed by atoms with Crippen LogP contribution < -0.4 is 4.74 Å². The van der Waals surface area contributed by atoms with E-state index in [9.17, 15) is 0 Å². The molecule has 1 aliphatic carbocycles. The van der Waals surface area contributed by atoms with Crippen LogP contribution in [-0.2, 0) is 13.1 Å². The quantitative estimate of drug-likeness (QED) is 0.741. The van der Waals surface area contributed by atoms with Crippen LogP contribution in [0, 0.1) is 0 Å². The highest BCUT2D eigenvalue weighted by Gasteiger charge is 2.25. The van der Waals surface area contributed by atoms with Crippen molar-refractivity contribution in [1.29, 1.82) is 0 Å². The second kappa shape index (κ2) is 7.23. The van der Waals surface area contributed by atoms with Crippen molar-refractivity contribution < 1.29 is 4.74 Å². The maximum atomic E-state index is 5.69. The Balaban J connectivity index is 1.70. The van der Waals surface area contributed by atoms with Gasteiger partial charge in [0, 0.05) is 18.2 Å². The van der Waals surface area contributed by atoms with Crippen LogP contribution in [0.2, 0.25) is 0 Å². The summed E-state index contributed by atoms with van der Waals surface area (Å²) in [5.74, 6) is 1.88. The van der Waals surface area contributed by atoms with Gasteiger partial charge in [-0.05, 0) is 29.7 Å². The molecule has 1 heterocycles. The Labute approximate surface area is 148 Å². The molecule has 2 aromatic carbocycles. The lowest BCUT2D eigenvalue weighted by molar-refractivity contribution is 0.175. The first kappa shape index (κ1) is 16.1. The van der Waals surface area contributed by atoms with Crippen molar-refractivity contribution >= 4 is 10.8 Å². The highest BCUT2D eigenvalue weighted by atomic mass is 16.5. The summed E-state index contributed by atoms with van der Waals surface area (Å²) >= 11 is 0. The zero-order valence-corrected chi connectivity index (χ0v) is 14.6. The molecule has 5 heteroatoms. The zero-order valence-electron chi connectivity index (χ0n) is 14.6. The standard InChI is InChI=1S/C20H24N4O/c1-25-19-11-10-15-6-2-5-9-17(15)18(19)12-24(16-7-3-4-8-16)13-20-21-14-22-23-20/h2,5-6,9-11,14,16H,3-4,7-8,12-13H2,1H3,(H,21,22,23). The second-order valence-electron chi connectivity index (χ2n) is 6.74. The number of aromatic nitrogens is 3. The van der Waals surface area contributed by atoms with Gasteiger partial charge in [0.15, 0.2) is 0 Å². The summed E-state index contributed by atoms with van der Waals surface area (Å²) in [4.78, 5) is 6.86. The Morgan fingerprint density at radius 3 is 2.72 bits per heavy atom. The Kier molecular flexibility index (Phi) is 4.65. The monoisotopic (exact) mass is 336 g/mol. The van der Waals surface area contributed by atoms with Crippen molar-refractivity contribution in [1.82, 2.24) is 20.1 Å². The van der Waals surface area contributed by atoms with Crippen LogP contribution in [0.5, 0.6) is 5.75 Å². The molecule has 0 radical (unpaired) electrons. The molecule has 0 spiro atoms. The first-order valence-corrected chi connectivity index (χ1v) is 8.98. The fourth-order valence-electron chi connectivity index (χ4n) is 3.96. The first-order valence-electron chi connectivity index (χ1n) is 8.98. The van der Waals surface area contributed by atoms with Gasteiger partial charge < -0.3 is 4.74 Å². The molecular weight excluding hydrogens is 312 g/mol. The number of benzene rings is 2. The number of fused-ring (bicyclic) bond motifs is 1. The molecule has 25 heavy (non-hydrogen) atoms. The van der Waals surface area contributed by atoms with Crippen LogP contribution in [0.4, 0.5) is 0 Å². The molecule has 0 amide bonds. The lowest BCUT2D eigenvalue weighted by Gasteiger charge is -2.29. The first-order chi connectivity index (χ1) is 12.3. The summed E-state index contributed by atoms with van der Waals surface area (Å²) in [6, 6.07) is 13.3. The van der Waals surface area contributed by atoms with E-state index in [0.29, 0.717) is 6.04 Å². The number of methoxy groups -OCH3 is 1. The molecule has 1 aromatic heterocycles. The minimum absolute atomic E-state index is 0.591. The van der Waals surface area contributed by atoms with Gasteiger partial charge in [-0.15, -0.1) is 0 Å². The third kappa shape index (κ3) is 3.37. The molecule has 1 aliphatic rings. The smallest absolute Gasteiger partial charge is 0.138 e. The van der Waals surface area contributed by atoms with Gasteiger partial charge in [0.2, 0.25) is 0 Å². The van der Waals surface area contributed by atoms with Crippen LogP contribution in [-0.4, -0.2) is 33.2 Å². The molecule has 3 aromatic rings. The Hall–Kier alpha value is -2.40. The number of rotatable bonds is 6. The predicted molar refractivity (Wildman–Crippen MR) is 98.4 cm³/mol. The predicted octanol–water partition coefficient (Wildman–Crippen LogP) is 3.91. The molecule has 0 atom stereocenters. The highest BCUT2D eigenvalue weighted by Crippen LogP contribution is 2.32. The summed E-state index contributed by atoms with van der Waals surface area (Å²) < 4.78 is 5.69. The van der Waals surface area contributed by atoms with Crippen LogP contribution in [0.3, 0.4) is 0 Å². The summed E-state index contributed by atoms with van der Waals surface area (Å²) in [7, 11) is 1.75. The summed E-state index contributed by atoms with van der Waals surface area (Å²) in [5, 5.41) is 9.53. The van der Waals surface area contributed by atoms with Crippen LogP contribution in [0.25, 0.3) is 10.8 Å². The van der Waals surface area contributed by atoms with E-state index >= 15 is 0 Å². The van der Waals surface area contributed by atoms with E-state index in [-0.39, 0.29) is 0 Å². The van der Waals surface area contributed by atoms with Crippen molar-refractivity contribution in [2.24, 2.45) is 0 Å². The van der Waals surface area contributed by atoms with Gasteiger partial charge in [-0.3, -0.25) is 10.00 Å². The van der Waals surface area contributed by atoms with Gasteiger partial charge in [0.25, 0.3) is 0 Å². The summed E-state index contributed by atoms with van der Waals surface area (Å²) in [6.45, 7) is 1.65. The highest BCUT2D eigenvalue weighted by molar-refractivity contribution is 5.87. The van der Waals surface area contributed by atoms with E-state index in [0.717, 1.165) is 24.7 Å². The normalized spacial score (nSPS) is 15.3. The summed E-state index contributed by atoms with van der Waals surface area (Å²) in [6.07, 6.45) is 6.71. The third-order valence-electron chi connectivity index (χ3n) is 5.24. The van der Waals surface area contributed by atoms with E-state index in [2.05, 4.69) is 56.5 Å². The minimum Gasteiger partial charge on any atom is -0.496 e. The summed E-state index contributed by atoms with van der Waals surface area (Å²) in [5.41, 5.74) is 1.26. The van der Waals surface area contributed by atoms with Gasteiger partial charge in [-0.25, -0.2) is 4.98 Å². The average Bonchev–Trinajstić information content (AvgIpc) is 3.35. The van der Waals surface area contributed by atoms with Crippen LogP contribution >= 0.6 is 0 Å². The van der Waals surface area contributed by atoms with E-state index in [1.807, 2.05) is 0 Å². The van der Waals surface area contributed by atoms with Gasteiger partial charge in [0.05, 0.1) is 13.7 Å². The number of ether oxygens (including phenoxy) is 1. The van der Waals surface area contributed by atoms with Crippen molar-refractivity contribution in [3.8, 4) is 5.75 Å². The molecule has 1 N–H and O–H groups in total. The topological polar surface area (TPSA) is 54.0 Å². The van der Waals surface area contributed by atoms with Crippen molar-refractivity contribution in [3.63, 3.8) is 0 Å². The number of nitrogens with zero attached hydrogens (tertiary/aromatic N) is 3. The fraction of sp³-hybridized carbons (Fsp3) is 0.400. The minimum atomic E-state index is 0.591. The maximum absolute atomic E-state index is 5.69. The fourth-order valence-corrected chi connectivity index (χ4v) is 3.96. The number of hydrogen-bond donors (Lipinski definition) is 1. The van der Waals surface area contributed by atoms with E-state index in [1.165, 1.54) is 42.0 Å².